The molecule has 1 atom stereocenters. The number of nitrogens with one attached hydrogen (secondary N) is 1. The number of fused-ring (bicyclic) bond motifs is 1. The van der Waals surface area contributed by atoms with Crippen molar-refractivity contribution in [2.75, 3.05) is 11.9 Å². The van der Waals surface area contributed by atoms with Crippen molar-refractivity contribution in [3.05, 3.63) is 70.6 Å². The van der Waals surface area contributed by atoms with Crippen LogP contribution in [0.15, 0.2) is 60.1 Å². The lowest BCUT2D eigenvalue weighted by atomic mass is 9.97. The normalized spacial score (nSPS) is 15.8. The van der Waals surface area contributed by atoms with E-state index in [1.807, 2.05) is 31.2 Å². The van der Waals surface area contributed by atoms with Gasteiger partial charge in [-0.2, -0.15) is 4.98 Å². The molecule has 28 heavy (non-hydrogen) atoms. The van der Waals surface area contributed by atoms with Gasteiger partial charge in [0.15, 0.2) is 5.82 Å². The smallest absolute Gasteiger partial charge is 0.338 e. The highest BCUT2D eigenvalue weighted by Crippen LogP contribution is 2.36. The van der Waals surface area contributed by atoms with Crippen LogP contribution in [0.25, 0.3) is 11.4 Å². The number of allylic oxidation sites excluding steroid dienone is 1. The molecule has 1 aromatic carbocycles. The number of halogens is 1. The number of hydrogen-bond acceptors (Lipinski definition) is 6. The van der Waals surface area contributed by atoms with Crippen molar-refractivity contribution in [2.24, 2.45) is 0 Å². The summed E-state index contributed by atoms with van der Waals surface area (Å²) in [7, 11) is 0. The summed E-state index contributed by atoms with van der Waals surface area (Å²) in [5.74, 6) is 0.706. The van der Waals surface area contributed by atoms with Crippen LogP contribution in [0.4, 0.5) is 5.95 Å². The molecule has 0 saturated heterocycles. The third-order valence-electron chi connectivity index (χ3n) is 4.47. The van der Waals surface area contributed by atoms with Gasteiger partial charge >= 0.3 is 5.97 Å². The number of carbonyl (C=O) groups is 1. The van der Waals surface area contributed by atoms with Gasteiger partial charge in [-0.1, -0.05) is 11.6 Å². The molecule has 0 amide bonds. The van der Waals surface area contributed by atoms with Crippen molar-refractivity contribution in [3.8, 4) is 11.4 Å². The second-order valence-electron chi connectivity index (χ2n) is 6.28. The number of hydrogen-bond donors (Lipinski definition) is 1. The van der Waals surface area contributed by atoms with Gasteiger partial charge in [0.1, 0.15) is 6.04 Å². The molecule has 0 unspecified atom stereocenters. The van der Waals surface area contributed by atoms with Gasteiger partial charge in [0.2, 0.25) is 5.95 Å². The molecule has 8 heteroatoms. The summed E-state index contributed by atoms with van der Waals surface area (Å²) < 4.78 is 7.00. The molecule has 0 spiro atoms. The van der Waals surface area contributed by atoms with E-state index in [0.29, 0.717) is 34.7 Å². The average Bonchev–Trinajstić information content (AvgIpc) is 3.11. The summed E-state index contributed by atoms with van der Waals surface area (Å²) in [4.78, 5) is 21.4. The lowest BCUT2D eigenvalue weighted by molar-refractivity contribution is -0.139. The molecular formula is C20H18ClN5O2. The van der Waals surface area contributed by atoms with Crippen LogP contribution in [0.5, 0.6) is 0 Å². The minimum Gasteiger partial charge on any atom is -0.463 e. The van der Waals surface area contributed by atoms with Gasteiger partial charge in [0, 0.05) is 28.7 Å². The van der Waals surface area contributed by atoms with Gasteiger partial charge in [-0.3, -0.25) is 4.98 Å². The largest absolute Gasteiger partial charge is 0.463 e. The SMILES string of the molecule is CCOC(=O)C1=C(C)Nc2nc(-c3ccc(Cl)cc3)nn2[C@H]1c1ccncc1. The van der Waals surface area contributed by atoms with Crippen LogP contribution in [0.2, 0.25) is 5.02 Å². The van der Waals surface area contributed by atoms with E-state index in [-0.39, 0.29) is 5.97 Å². The Morgan fingerprint density at radius 3 is 2.61 bits per heavy atom. The Labute approximate surface area is 167 Å². The highest BCUT2D eigenvalue weighted by molar-refractivity contribution is 6.30. The Hall–Kier alpha value is -3.19. The van der Waals surface area contributed by atoms with Gasteiger partial charge in [-0.05, 0) is 55.8 Å². The minimum absolute atomic E-state index is 0.291. The van der Waals surface area contributed by atoms with E-state index in [2.05, 4.69) is 20.4 Å². The average molecular weight is 396 g/mol. The standard InChI is InChI=1S/C20H18ClN5O2/c1-3-28-19(27)16-12(2)23-20-24-18(14-4-6-15(21)7-5-14)25-26(20)17(16)13-8-10-22-11-9-13/h4-11,17H,3H2,1-2H3,(H,23,24,25)/t17-/m0/s1. The third-order valence-corrected chi connectivity index (χ3v) is 4.72. The van der Waals surface area contributed by atoms with Crippen LogP contribution in [-0.2, 0) is 9.53 Å². The molecule has 3 heterocycles. The number of esters is 1. The van der Waals surface area contributed by atoms with Crippen LogP contribution in [0.3, 0.4) is 0 Å². The molecule has 0 aliphatic carbocycles. The van der Waals surface area contributed by atoms with E-state index in [4.69, 9.17) is 16.3 Å². The van der Waals surface area contributed by atoms with E-state index in [1.54, 1.807) is 36.1 Å². The van der Waals surface area contributed by atoms with Crippen LogP contribution in [0, 0.1) is 0 Å². The highest BCUT2D eigenvalue weighted by atomic mass is 35.5. The fraction of sp³-hybridized carbons (Fsp3) is 0.200. The first kappa shape index (κ1) is 18.2. The van der Waals surface area contributed by atoms with Gasteiger partial charge in [-0.25, -0.2) is 9.48 Å². The second-order valence-corrected chi connectivity index (χ2v) is 6.71. The predicted octanol–water partition coefficient (Wildman–Crippen LogP) is 3.85. The number of anilines is 1. The van der Waals surface area contributed by atoms with E-state index in [1.165, 1.54) is 0 Å². The van der Waals surface area contributed by atoms with Crippen molar-refractivity contribution in [2.45, 2.75) is 19.9 Å². The van der Waals surface area contributed by atoms with Crippen LogP contribution >= 0.6 is 11.6 Å². The monoisotopic (exact) mass is 395 g/mol. The molecule has 2 aromatic heterocycles. The number of aromatic nitrogens is 4. The van der Waals surface area contributed by atoms with Gasteiger partial charge in [-0.15, -0.1) is 5.10 Å². The van der Waals surface area contributed by atoms with Crippen LogP contribution in [-0.4, -0.2) is 32.3 Å². The molecule has 1 N–H and O–H groups in total. The topological polar surface area (TPSA) is 81.9 Å². The summed E-state index contributed by atoms with van der Waals surface area (Å²) >= 11 is 5.98. The molecular weight excluding hydrogens is 378 g/mol. The van der Waals surface area contributed by atoms with E-state index in [0.717, 1.165) is 11.1 Å². The molecule has 1 aliphatic heterocycles. The van der Waals surface area contributed by atoms with Gasteiger partial charge in [0.25, 0.3) is 0 Å². The Morgan fingerprint density at radius 1 is 1.21 bits per heavy atom. The zero-order valence-corrected chi connectivity index (χ0v) is 16.1. The number of rotatable bonds is 4. The number of pyridine rings is 1. The minimum atomic E-state index is -0.466. The fourth-order valence-electron chi connectivity index (χ4n) is 3.20. The maximum Gasteiger partial charge on any atom is 0.338 e. The Balaban J connectivity index is 1.84. The zero-order valence-electron chi connectivity index (χ0n) is 15.4. The lowest BCUT2D eigenvalue weighted by Crippen LogP contribution is -2.29. The van der Waals surface area contributed by atoms with Crippen molar-refractivity contribution in [1.29, 1.82) is 0 Å². The summed E-state index contributed by atoms with van der Waals surface area (Å²) in [5.41, 5.74) is 2.88. The number of benzene rings is 1. The van der Waals surface area contributed by atoms with Gasteiger partial charge < -0.3 is 10.1 Å². The summed E-state index contributed by atoms with van der Waals surface area (Å²) in [5, 5.41) is 8.49. The number of carbonyl (C=O) groups excluding carboxylic acids is 1. The van der Waals surface area contributed by atoms with E-state index < -0.39 is 6.04 Å². The zero-order chi connectivity index (χ0) is 19.7. The summed E-state index contributed by atoms with van der Waals surface area (Å²) in [6, 6.07) is 10.5. The van der Waals surface area contributed by atoms with Crippen LogP contribution < -0.4 is 5.32 Å². The first-order valence-electron chi connectivity index (χ1n) is 8.85. The molecule has 1 aliphatic rings. The highest BCUT2D eigenvalue weighted by Gasteiger charge is 2.35. The number of ether oxygens (including phenoxy) is 1. The van der Waals surface area contributed by atoms with Crippen molar-refractivity contribution in [3.63, 3.8) is 0 Å². The molecule has 4 rings (SSSR count). The maximum absolute atomic E-state index is 12.7. The first-order valence-corrected chi connectivity index (χ1v) is 9.23. The molecule has 142 valence electrons. The maximum atomic E-state index is 12.7. The molecule has 7 nitrogen and oxygen atoms in total. The Bertz CT molecular complexity index is 1040. The molecule has 0 fully saturated rings. The van der Waals surface area contributed by atoms with Crippen molar-refractivity contribution >= 4 is 23.5 Å². The molecule has 3 aromatic rings. The predicted molar refractivity (Wildman–Crippen MR) is 106 cm³/mol. The Morgan fingerprint density at radius 2 is 1.93 bits per heavy atom. The first-order chi connectivity index (χ1) is 13.6. The third kappa shape index (κ3) is 3.25. The quantitative estimate of drug-likeness (QED) is 0.676. The molecule has 0 bridgehead atoms. The van der Waals surface area contributed by atoms with Crippen molar-refractivity contribution < 1.29 is 9.53 Å². The summed E-state index contributed by atoms with van der Waals surface area (Å²) in [6.07, 6.45) is 3.37. The van der Waals surface area contributed by atoms with Crippen LogP contribution in [0.1, 0.15) is 25.5 Å². The molecule has 0 radical (unpaired) electrons. The van der Waals surface area contributed by atoms with E-state index >= 15 is 0 Å². The fourth-order valence-corrected chi connectivity index (χ4v) is 3.33. The lowest BCUT2D eigenvalue weighted by Gasteiger charge is -2.27. The van der Waals surface area contributed by atoms with Gasteiger partial charge in [0.05, 0.1) is 12.2 Å². The number of nitrogens with zero attached hydrogens (tertiary/aromatic N) is 4. The molecule has 0 saturated carbocycles. The Kier molecular flexibility index (Phi) is 4.83. The summed E-state index contributed by atoms with van der Waals surface area (Å²) in [6.45, 7) is 3.91. The second kappa shape index (κ2) is 7.44. The van der Waals surface area contributed by atoms with Crippen molar-refractivity contribution in [1.82, 2.24) is 19.7 Å². The van der Waals surface area contributed by atoms with E-state index in [9.17, 15) is 4.79 Å².